The number of ether oxygens (including phenoxy) is 2. The third kappa shape index (κ3) is 6.14. The molecule has 1 N–H and O–H groups in total. The average Bonchev–Trinajstić information content (AvgIpc) is 2.47. The van der Waals surface area contributed by atoms with Gasteiger partial charge in [0, 0.05) is 25.8 Å². The molecule has 0 aliphatic carbocycles. The number of para-hydroxylation sites is 1. The van der Waals surface area contributed by atoms with Crippen molar-refractivity contribution in [2.45, 2.75) is 19.4 Å². The number of carbonyl (C=O) groups is 1. The Morgan fingerprint density at radius 2 is 2.05 bits per heavy atom. The van der Waals surface area contributed by atoms with Gasteiger partial charge in [-0.1, -0.05) is 18.2 Å². The standard InChI is InChI=1S/C16H26N2O3/c1-13(14-8-5-6-9-15(14)21-4)17-16(19)12-18(2)10-7-11-20-3/h5-6,8-9,13H,7,10-12H2,1-4H3,(H,17,19). The molecule has 21 heavy (non-hydrogen) atoms. The van der Waals surface area contributed by atoms with Crippen LogP contribution in [0.25, 0.3) is 0 Å². The van der Waals surface area contributed by atoms with Gasteiger partial charge in [0.25, 0.3) is 0 Å². The summed E-state index contributed by atoms with van der Waals surface area (Å²) in [5.74, 6) is 0.798. The van der Waals surface area contributed by atoms with Crippen LogP contribution < -0.4 is 10.1 Å². The van der Waals surface area contributed by atoms with Crippen molar-refractivity contribution in [3.05, 3.63) is 29.8 Å². The number of hydrogen-bond acceptors (Lipinski definition) is 4. The molecule has 0 saturated carbocycles. The molecule has 1 rings (SSSR count). The van der Waals surface area contributed by atoms with E-state index in [1.807, 2.05) is 43.1 Å². The molecule has 0 radical (unpaired) electrons. The van der Waals surface area contributed by atoms with Crippen molar-refractivity contribution in [2.24, 2.45) is 0 Å². The van der Waals surface area contributed by atoms with Crippen LogP contribution in [0.15, 0.2) is 24.3 Å². The summed E-state index contributed by atoms with van der Waals surface area (Å²) in [4.78, 5) is 14.0. The van der Waals surface area contributed by atoms with E-state index >= 15 is 0 Å². The largest absolute Gasteiger partial charge is 0.496 e. The highest BCUT2D eigenvalue weighted by atomic mass is 16.5. The first-order valence-electron chi connectivity index (χ1n) is 7.18. The zero-order chi connectivity index (χ0) is 15.7. The van der Waals surface area contributed by atoms with Crippen LogP contribution in [0.5, 0.6) is 5.75 Å². The summed E-state index contributed by atoms with van der Waals surface area (Å²) < 4.78 is 10.3. The molecule has 0 aromatic heterocycles. The minimum Gasteiger partial charge on any atom is -0.496 e. The number of benzene rings is 1. The minimum absolute atomic E-state index is 0.00771. The van der Waals surface area contributed by atoms with Gasteiger partial charge in [-0.25, -0.2) is 0 Å². The van der Waals surface area contributed by atoms with E-state index in [4.69, 9.17) is 9.47 Å². The van der Waals surface area contributed by atoms with Gasteiger partial charge in [0.2, 0.25) is 5.91 Å². The molecular weight excluding hydrogens is 268 g/mol. The minimum atomic E-state index is -0.0824. The van der Waals surface area contributed by atoms with E-state index < -0.39 is 0 Å². The Balaban J connectivity index is 2.46. The van der Waals surface area contributed by atoms with Crippen molar-refractivity contribution >= 4 is 5.91 Å². The quantitative estimate of drug-likeness (QED) is 0.706. The van der Waals surface area contributed by atoms with Gasteiger partial charge in [-0.15, -0.1) is 0 Å². The lowest BCUT2D eigenvalue weighted by atomic mass is 10.1. The number of hydrogen-bond donors (Lipinski definition) is 1. The number of nitrogens with zero attached hydrogens (tertiary/aromatic N) is 1. The van der Waals surface area contributed by atoms with E-state index in [0.717, 1.165) is 24.3 Å². The van der Waals surface area contributed by atoms with E-state index in [0.29, 0.717) is 13.2 Å². The fourth-order valence-electron chi connectivity index (χ4n) is 2.19. The maximum atomic E-state index is 12.0. The van der Waals surface area contributed by atoms with E-state index in [9.17, 15) is 4.79 Å². The molecule has 1 aromatic carbocycles. The predicted octanol–water partition coefficient (Wildman–Crippen LogP) is 1.84. The van der Waals surface area contributed by atoms with Gasteiger partial charge >= 0.3 is 0 Å². The van der Waals surface area contributed by atoms with Crippen molar-refractivity contribution in [3.63, 3.8) is 0 Å². The van der Waals surface area contributed by atoms with Gasteiger partial charge in [0.1, 0.15) is 5.75 Å². The predicted molar refractivity (Wildman–Crippen MR) is 83.5 cm³/mol. The second-order valence-corrected chi connectivity index (χ2v) is 5.12. The number of likely N-dealkylation sites (N-methyl/N-ethyl adjacent to an activating group) is 1. The van der Waals surface area contributed by atoms with Crippen LogP contribution in [0.2, 0.25) is 0 Å². The molecule has 0 fully saturated rings. The number of rotatable bonds is 9. The van der Waals surface area contributed by atoms with Gasteiger partial charge in [0.05, 0.1) is 19.7 Å². The Bertz CT molecular complexity index is 437. The van der Waals surface area contributed by atoms with Crippen molar-refractivity contribution in [2.75, 3.05) is 41.0 Å². The summed E-state index contributed by atoms with van der Waals surface area (Å²) in [7, 11) is 5.25. The smallest absolute Gasteiger partial charge is 0.234 e. The van der Waals surface area contributed by atoms with Gasteiger partial charge in [-0.2, -0.15) is 0 Å². The van der Waals surface area contributed by atoms with E-state index in [-0.39, 0.29) is 11.9 Å². The SMILES string of the molecule is COCCCN(C)CC(=O)NC(C)c1ccccc1OC. The first kappa shape index (κ1) is 17.5. The molecule has 0 saturated heterocycles. The fraction of sp³-hybridized carbons (Fsp3) is 0.562. The molecular formula is C16H26N2O3. The van der Waals surface area contributed by atoms with Crippen LogP contribution >= 0.6 is 0 Å². The van der Waals surface area contributed by atoms with Gasteiger partial charge in [-0.3, -0.25) is 9.69 Å². The van der Waals surface area contributed by atoms with Crippen LogP contribution in [0.1, 0.15) is 24.9 Å². The Morgan fingerprint density at radius 1 is 1.33 bits per heavy atom. The highest BCUT2D eigenvalue weighted by molar-refractivity contribution is 5.78. The Kier molecular flexibility index (Phi) is 7.79. The van der Waals surface area contributed by atoms with Crippen LogP contribution in [-0.2, 0) is 9.53 Å². The van der Waals surface area contributed by atoms with E-state index in [1.54, 1.807) is 14.2 Å². The van der Waals surface area contributed by atoms with Crippen molar-refractivity contribution in [3.8, 4) is 5.75 Å². The summed E-state index contributed by atoms with van der Waals surface area (Å²) in [6.45, 7) is 3.89. The second kappa shape index (κ2) is 9.37. The third-order valence-corrected chi connectivity index (χ3v) is 3.28. The number of carbonyl (C=O) groups excluding carboxylic acids is 1. The number of methoxy groups -OCH3 is 2. The monoisotopic (exact) mass is 294 g/mol. The summed E-state index contributed by atoms with van der Waals surface area (Å²) in [6.07, 6.45) is 0.919. The second-order valence-electron chi connectivity index (χ2n) is 5.12. The summed E-state index contributed by atoms with van der Waals surface area (Å²) in [6, 6.07) is 7.64. The normalized spacial score (nSPS) is 12.2. The highest BCUT2D eigenvalue weighted by Gasteiger charge is 2.14. The lowest BCUT2D eigenvalue weighted by Crippen LogP contribution is -2.37. The maximum absolute atomic E-state index is 12.0. The zero-order valence-electron chi connectivity index (χ0n) is 13.4. The Hall–Kier alpha value is -1.59. The van der Waals surface area contributed by atoms with Crippen LogP contribution in [0.4, 0.5) is 0 Å². The van der Waals surface area contributed by atoms with Gasteiger partial charge in [0.15, 0.2) is 0 Å². The van der Waals surface area contributed by atoms with Crippen LogP contribution in [-0.4, -0.2) is 51.8 Å². The van der Waals surface area contributed by atoms with Crippen molar-refractivity contribution in [1.82, 2.24) is 10.2 Å². The Morgan fingerprint density at radius 3 is 2.71 bits per heavy atom. The van der Waals surface area contributed by atoms with E-state index in [2.05, 4.69) is 5.32 Å². The molecule has 5 nitrogen and oxygen atoms in total. The molecule has 1 amide bonds. The van der Waals surface area contributed by atoms with Crippen LogP contribution in [0.3, 0.4) is 0 Å². The summed E-state index contributed by atoms with van der Waals surface area (Å²) in [5.41, 5.74) is 0.982. The molecule has 0 aliphatic rings. The first-order chi connectivity index (χ1) is 10.1. The molecule has 1 unspecified atom stereocenters. The number of amides is 1. The molecule has 0 spiro atoms. The molecule has 118 valence electrons. The maximum Gasteiger partial charge on any atom is 0.234 e. The summed E-state index contributed by atoms with van der Waals surface area (Å²) in [5, 5.41) is 3.00. The third-order valence-electron chi connectivity index (χ3n) is 3.28. The van der Waals surface area contributed by atoms with Gasteiger partial charge in [-0.05, 0) is 26.5 Å². The molecule has 1 aromatic rings. The molecule has 0 bridgehead atoms. The van der Waals surface area contributed by atoms with E-state index in [1.165, 1.54) is 0 Å². The van der Waals surface area contributed by atoms with Gasteiger partial charge < -0.3 is 14.8 Å². The Labute approximate surface area is 127 Å². The zero-order valence-corrected chi connectivity index (χ0v) is 13.4. The molecule has 0 heterocycles. The lowest BCUT2D eigenvalue weighted by Gasteiger charge is -2.20. The molecule has 5 heteroatoms. The summed E-state index contributed by atoms with van der Waals surface area (Å²) >= 11 is 0. The van der Waals surface area contributed by atoms with Crippen molar-refractivity contribution < 1.29 is 14.3 Å². The van der Waals surface area contributed by atoms with Crippen molar-refractivity contribution in [1.29, 1.82) is 0 Å². The number of nitrogens with one attached hydrogen (secondary N) is 1. The fourth-order valence-corrected chi connectivity index (χ4v) is 2.19. The topological polar surface area (TPSA) is 50.8 Å². The molecule has 1 atom stereocenters. The lowest BCUT2D eigenvalue weighted by molar-refractivity contribution is -0.122. The highest BCUT2D eigenvalue weighted by Crippen LogP contribution is 2.24. The van der Waals surface area contributed by atoms with Crippen LogP contribution in [0, 0.1) is 0 Å². The first-order valence-corrected chi connectivity index (χ1v) is 7.18. The average molecular weight is 294 g/mol. The molecule has 0 aliphatic heterocycles.